The summed E-state index contributed by atoms with van der Waals surface area (Å²) in [5.74, 6) is -0.892. The highest BCUT2D eigenvalue weighted by molar-refractivity contribution is 6.07. The van der Waals surface area contributed by atoms with Gasteiger partial charge in [-0.1, -0.05) is 24.3 Å². The summed E-state index contributed by atoms with van der Waals surface area (Å²) in [5.41, 5.74) is 0.181. The zero-order valence-electron chi connectivity index (χ0n) is 16.1. The van der Waals surface area contributed by atoms with E-state index in [1.54, 1.807) is 24.3 Å². The molecule has 2 N–H and O–H groups in total. The topological polar surface area (TPSA) is 100 Å². The molecule has 0 unspecified atom stereocenters. The highest BCUT2D eigenvalue weighted by Gasteiger charge is 2.49. The van der Waals surface area contributed by atoms with E-state index in [1.165, 1.54) is 44.3 Å². The van der Waals surface area contributed by atoms with E-state index in [1.807, 2.05) is 0 Å². The van der Waals surface area contributed by atoms with E-state index in [0.717, 1.165) is 0 Å². The number of ether oxygens (including phenoxy) is 1. The minimum absolute atomic E-state index is 0.0632. The average molecular weight is 416 g/mol. The summed E-state index contributed by atoms with van der Waals surface area (Å²) in [6.07, 6.45) is 1.33. The van der Waals surface area contributed by atoms with Crippen LogP contribution in [-0.4, -0.2) is 35.7 Å². The van der Waals surface area contributed by atoms with Crippen LogP contribution >= 0.6 is 0 Å². The number of anilines is 1. The largest absolute Gasteiger partial charge is 0.435 e. The van der Waals surface area contributed by atoms with E-state index in [4.69, 9.17) is 0 Å². The molecule has 1 saturated heterocycles. The molecule has 0 aromatic heterocycles. The summed E-state index contributed by atoms with van der Waals surface area (Å²) in [6.45, 7) is -0.0755. The molecule has 2 aromatic carbocycles. The van der Waals surface area contributed by atoms with Crippen LogP contribution in [-0.2, 0) is 15.1 Å². The van der Waals surface area contributed by atoms with Crippen LogP contribution in [0, 0.1) is 0 Å². The number of hydrazone groups is 1. The average Bonchev–Trinajstić information content (AvgIpc) is 2.90. The molecule has 8 nitrogen and oxygen atoms in total. The molecule has 30 heavy (non-hydrogen) atoms. The summed E-state index contributed by atoms with van der Waals surface area (Å²) < 4.78 is 28.9. The molecule has 1 aliphatic rings. The summed E-state index contributed by atoms with van der Waals surface area (Å²) in [6, 6.07) is 11.3. The zero-order chi connectivity index (χ0) is 21.9. The summed E-state index contributed by atoms with van der Waals surface area (Å²) in [7, 11) is 0. The number of benzene rings is 2. The predicted octanol–water partition coefficient (Wildman–Crippen LogP) is 3.05. The van der Waals surface area contributed by atoms with Crippen molar-refractivity contribution < 1.29 is 27.9 Å². The molecule has 1 atom stereocenters. The zero-order valence-corrected chi connectivity index (χ0v) is 16.1. The molecular weight excluding hydrogens is 398 g/mol. The van der Waals surface area contributed by atoms with Crippen molar-refractivity contribution in [3.63, 3.8) is 0 Å². The molecule has 4 amide bonds. The maximum Gasteiger partial charge on any atom is 0.387 e. The Balaban J connectivity index is 1.75. The first-order chi connectivity index (χ1) is 14.2. The maximum absolute atomic E-state index is 12.8. The molecule has 156 valence electrons. The highest BCUT2D eigenvalue weighted by Crippen LogP contribution is 2.30. The first kappa shape index (κ1) is 20.9. The van der Waals surface area contributed by atoms with Gasteiger partial charge in [-0.25, -0.2) is 4.79 Å². The van der Waals surface area contributed by atoms with Crippen molar-refractivity contribution in [1.29, 1.82) is 0 Å². The van der Waals surface area contributed by atoms with Gasteiger partial charge in [-0.05, 0) is 42.3 Å². The predicted molar refractivity (Wildman–Crippen MR) is 104 cm³/mol. The molecule has 3 rings (SSSR count). The molecule has 1 aliphatic heterocycles. The smallest absolute Gasteiger partial charge is 0.387 e. The molecule has 1 fully saturated rings. The Morgan fingerprint density at radius 1 is 1.17 bits per heavy atom. The van der Waals surface area contributed by atoms with Crippen LogP contribution in [0.3, 0.4) is 0 Å². The van der Waals surface area contributed by atoms with Crippen LogP contribution in [0.5, 0.6) is 5.75 Å². The summed E-state index contributed by atoms with van der Waals surface area (Å²) in [4.78, 5) is 36.2. The Kier molecular flexibility index (Phi) is 5.77. The molecule has 0 bridgehead atoms. The van der Waals surface area contributed by atoms with Gasteiger partial charge >= 0.3 is 12.6 Å². The van der Waals surface area contributed by atoms with Crippen molar-refractivity contribution >= 4 is 29.7 Å². The fraction of sp³-hybridized carbons (Fsp3) is 0.200. The number of imide groups is 1. The Morgan fingerprint density at radius 2 is 1.80 bits per heavy atom. The van der Waals surface area contributed by atoms with Gasteiger partial charge in [-0.2, -0.15) is 13.9 Å². The second-order valence-corrected chi connectivity index (χ2v) is 6.62. The van der Waals surface area contributed by atoms with Crippen LogP contribution in [0.1, 0.15) is 25.0 Å². The van der Waals surface area contributed by atoms with Gasteiger partial charge < -0.3 is 15.4 Å². The van der Waals surface area contributed by atoms with Gasteiger partial charge in [-0.15, -0.1) is 5.01 Å². The van der Waals surface area contributed by atoms with Crippen molar-refractivity contribution in [1.82, 2.24) is 10.3 Å². The third kappa shape index (κ3) is 4.43. The first-order valence-corrected chi connectivity index (χ1v) is 8.83. The van der Waals surface area contributed by atoms with Crippen molar-refractivity contribution in [3.8, 4) is 5.75 Å². The van der Waals surface area contributed by atoms with E-state index in [2.05, 4.69) is 20.5 Å². The first-order valence-electron chi connectivity index (χ1n) is 8.83. The van der Waals surface area contributed by atoms with Crippen molar-refractivity contribution in [2.45, 2.75) is 26.0 Å². The second kappa shape index (κ2) is 8.27. The maximum atomic E-state index is 12.8. The van der Waals surface area contributed by atoms with Gasteiger partial charge in [0.05, 0.1) is 6.21 Å². The number of hydrogen-bond donors (Lipinski definition) is 2. The number of carbonyl (C=O) groups excluding carboxylic acids is 3. The van der Waals surface area contributed by atoms with Crippen molar-refractivity contribution in [2.75, 3.05) is 5.32 Å². The lowest BCUT2D eigenvalue weighted by Gasteiger charge is -2.21. The molecule has 10 heteroatoms. The Morgan fingerprint density at radius 3 is 2.37 bits per heavy atom. The SMILES string of the molecule is CC(=O)Nc1ccc(/C=N\N2C(=O)N[C@](C)(c3ccc(OC(F)F)cc3)C2=O)cc1. The van der Waals surface area contributed by atoms with E-state index < -0.39 is 24.1 Å². The number of carbonyl (C=O) groups is 3. The van der Waals surface area contributed by atoms with Gasteiger partial charge in [0.2, 0.25) is 5.91 Å². The van der Waals surface area contributed by atoms with Gasteiger partial charge in [0.25, 0.3) is 5.91 Å². The lowest BCUT2D eigenvalue weighted by atomic mass is 9.92. The number of nitrogens with one attached hydrogen (secondary N) is 2. The van der Waals surface area contributed by atoms with Gasteiger partial charge in [0.1, 0.15) is 11.3 Å². The number of nitrogens with zero attached hydrogens (tertiary/aromatic N) is 2. The van der Waals surface area contributed by atoms with Gasteiger partial charge in [0, 0.05) is 12.6 Å². The fourth-order valence-corrected chi connectivity index (χ4v) is 2.87. The van der Waals surface area contributed by atoms with Crippen LogP contribution in [0.25, 0.3) is 0 Å². The lowest BCUT2D eigenvalue weighted by Crippen LogP contribution is -2.40. The third-order valence-corrected chi connectivity index (χ3v) is 4.38. The van der Waals surface area contributed by atoms with Crippen molar-refractivity contribution in [3.05, 3.63) is 59.7 Å². The monoisotopic (exact) mass is 416 g/mol. The fourth-order valence-electron chi connectivity index (χ4n) is 2.87. The molecular formula is C20H18F2N4O4. The Bertz CT molecular complexity index is 993. The number of alkyl halides is 2. The standard InChI is InChI=1S/C20H18F2N4O4/c1-12(27)24-15-7-3-13(4-8-15)11-23-26-17(28)20(2,25-19(26)29)14-5-9-16(10-6-14)30-18(21)22/h3-11,18H,1-2H3,(H,24,27)(H,25,29)/b23-11-/t20-/m1/s1. The summed E-state index contributed by atoms with van der Waals surface area (Å²) >= 11 is 0. The molecule has 0 aliphatic carbocycles. The van der Waals surface area contributed by atoms with Crippen LogP contribution in [0.2, 0.25) is 0 Å². The minimum atomic E-state index is -2.96. The number of rotatable bonds is 6. The van der Waals surface area contributed by atoms with Crippen molar-refractivity contribution in [2.24, 2.45) is 5.10 Å². The van der Waals surface area contributed by atoms with Crippen LogP contribution < -0.4 is 15.4 Å². The number of amides is 4. The number of hydrogen-bond acceptors (Lipinski definition) is 5. The van der Waals surface area contributed by atoms with E-state index in [9.17, 15) is 23.2 Å². The van der Waals surface area contributed by atoms with Gasteiger partial charge in [0.15, 0.2) is 0 Å². The summed E-state index contributed by atoms with van der Waals surface area (Å²) in [5, 5.41) is 9.84. The molecule has 0 spiro atoms. The van der Waals surface area contributed by atoms with E-state index in [-0.39, 0.29) is 11.7 Å². The molecule has 2 aromatic rings. The van der Waals surface area contributed by atoms with E-state index in [0.29, 0.717) is 21.8 Å². The van der Waals surface area contributed by atoms with Gasteiger partial charge in [-0.3, -0.25) is 9.59 Å². The second-order valence-electron chi connectivity index (χ2n) is 6.62. The van der Waals surface area contributed by atoms with E-state index >= 15 is 0 Å². The lowest BCUT2D eigenvalue weighted by molar-refractivity contribution is -0.131. The Hall–Kier alpha value is -3.82. The molecule has 1 heterocycles. The van der Waals surface area contributed by atoms with Crippen LogP contribution in [0.15, 0.2) is 53.6 Å². The Labute approximate surface area is 170 Å². The number of urea groups is 1. The van der Waals surface area contributed by atoms with Crippen LogP contribution in [0.4, 0.5) is 19.3 Å². The molecule has 0 saturated carbocycles. The minimum Gasteiger partial charge on any atom is -0.435 e. The quantitative estimate of drug-likeness (QED) is 0.558. The molecule has 0 radical (unpaired) electrons. The normalized spacial score (nSPS) is 18.8. The third-order valence-electron chi connectivity index (χ3n) is 4.38. The highest BCUT2D eigenvalue weighted by atomic mass is 19.3. The number of halogens is 2.